The van der Waals surface area contributed by atoms with Crippen LogP contribution in [0, 0.1) is 5.41 Å². The minimum absolute atomic E-state index is 0.572. The molecular formula is C13H26N2. The fourth-order valence-electron chi connectivity index (χ4n) is 3.06. The van der Waals surface area contributed by atoms with E-state index in [-0.39, 0.29) is 0 Å². The Morgan fingerprint density at radius 1 is 1.33 bits per heavy atom. The minimum atomic E-state index is 0.572. The largest absolute Gasteiger partial charge is 0.316 e. The van der Waals surface area contributed by atoms with Crippen LogP contribution in [0.3, 0.4) is 0 Å². The molecule has 2 nitrogen and oxygen atoms in total. The third-order valence-corrected chi connectivity index (χ3v) is 4.59. The molecule has 2 fully saturated rings. The molecule has 1 unspecified atom stereocenters. The van der Waals surface area contributed by atoms with Crippen molar-refractivity contribution in [3.05, 3.63) is 0 Å². The summed E-state index contributed by atoms with van der Waals surface area (Å²) in [5.74, 6) is 0. The van der Waals surface area contributed by atoms with Gasteiger partial charge in [0.05, 0.1) is 0 Å². The summed E-state index contributed by atoms with van der Waals surface area (Å²) >= 11 is 0. The molecule has 88 valence electrons. The van der Waals surface area contributed by atoms with E-state index in [1.165, 1.54) is 58.2 Å². The lowest BCUT2D eigenvalue weighted by Crippen LogP contribution is -2.50. The minimum Gasteiger partial charge on any atom is -0.316 e. The van der Waals surface area contributed by atoms with Gasteiger partial charge in [-0.15, -0.1) is 0 Å². The molecule has 1 N–H and O–H groups in total. The highest BCUT2D eigenvalue weighted by Crippen LogP contribution is 2.33. The Kier molecular flexibility index (Phi) is 3.68. The molecule has 0 bridgehead atoms. The first-order valence-corrected chi connectivity index (χ1v) is 6.67. The second-order valence-electron chi connectivity index (χ2n) is 5.63. The summed E-state index contributed by atoms with van der Waals surface area (Å²) in [5, 5.41) is 3.58. The molecule has 1 saturated heterocycles. The topological polar surface area (TPSA) is 15.3 Å². The first-order chi connectivity index (χ1) is 7.26. The Morgan fingerprint density at radius 3 is 2.60 bits per heavy atom. The SMILES string of the molecule is CCC1(CN(C)C2CCC2)CCCNC1. The van der Waals surface area contributed by atoms with Crippen molar-refractivity contribution in [2.24, 2.45) is 5.41 Å². The number of rotatable bonds is 4. The molecule has 0 aromatic heterocycles. The van der Waals surface area contributed by atoms with E-state index in [1.54, 1.807) is 0 Å². The van der Waals surface area contributed by atoms with Crippen molar-refractivity contribution in [2.45, 2.75) is 51.5 Å². The predicted octanol–water partition coefficient (Wildman–Crippen LogP) is 2.25. The van der Waals surface area contributed by atoms with Crippen LogP contribution in [-0.2, 0) is 0 Å². The fourth-order valence-corrected chi connectivity index (χ4v) is 3.06. The fraction of sp³-hybridized carbons (Fsp3) is 1.00. The quantitative estimate of drug-likeness (QED) is 0.765. The van der Waals surface area contributed by atoms with E-state index in [0.29, 0.717) is 5.41 Å². The Labute approximate surface area is 94.4 Å². The molecule has 1 heterocycles. The first kappa shape index (κ1) is 11.4. The van der Waals surface area contributed by atoms with Gasteiger partial charge in [0.1, 0.15) is 0 Å². The van der Waals surface area contributed by atoms with Gasteiger partial charge >= 0.3 is 0 Å². The van der Waals surface area contributed by atoms with Gasteiger partial charge in [-0.25, -0.2) is 0 Å². The molecule has 1 aliphatic carbocycles. The number of nitrogens with zero attached hydrogens (tertiary/aromatic N) is 1. The summed E-state index contributed by atoms with van der Waals surface area (Å²) in [7, 11) is 2.33. The van der Waals surface area contributed by atoms with Gasteiger partial charge in [-0.3, -0.25) is 0 Å². The molecule has 0 aromatic carbocycles. The monoisotopic (exact) mass is 210 g/mol. The third kappa shape index (κ3) is 2.54. The van der Waals surface area contributed by atoms with Crippen molar-refractivity contribution in [3.63, 3.8) is 0 Å². The highest BCUT2D eigenvalue weighted by molar-refractivity contribution is 4.89. The van der Waals surface area contributed by atoms with Crippen LogP contribution in [0.25, 0.3) is 0 Å². The first-order valence-electron chi connectivity index (χ1n) is 6.67. The van der Waals surface area contributed by atoms with Gasteiger partial charge in [0.15, 0.2) is 0 Å². The van der Waals surface area contributed by atoms with E-state index in [2.05, 4.69) is 24.2 Å². The summed E-state index contributed by atoms with van der Waals surface area (Å²) in [4.78, 5) is 2.62. The number of nitrogens with one attached hydrogen (secondary N) is 1. The van der Waals surface area contributed by atoms with Crippen LogP contribution in [-0.4, -0.2) is 37.6 Å². The lowest BCUT2D eigenvalue weighted by Gasteiger charge is -2.44. The molecule has 1 aliphatic heterocycles. The second-order valence-corrected chi connectivity index (χ2v) is 5.63. The lowest BCUT2D eigenvalue weighted by atomic mass is 9.77. The highest BCUT2D eigenvalue weighted by atomic mass is 15.1. The van der Waals surface area contributed by atoms with Gasteiger partial charge in [0.2, 0.25) is 0 Å². The van der Waals surface area contributed by atoms with Gasteiger partial charge in [-0.05, 0) is 51.1 Å². The van der Waals surface area contributed by atoms with E-state index in [9.17, 15) is 0 Å². The zero-order valence-corrected chi connectivity index (χ0v) is 10.4. The Balaban J connectivity index is 1.87. The van der Waals surface area contributed by atoms with E-state index < -0.39 is 0 Å². The van der Waals surface area contributed by atoms with Crippen LogP contribution in [0.5, 0.6) is 0 Å². The molecular weight excluding hydrogens is 184 g/mol. The van der Waals surface area contributed by atoms with Crippen LogP contribution in [0.15, 0.2) is 0 Å². The summed E-state index contributed by atoms with van der Waals surface area (Å²) in [6.07, 6.45) is 8.44. The van der Waals surface area contributed by atoms with E-state index in [1.807, 2.05) is 0 Å². The molecule has 15 heavy (non-hydrogen) atoms. The molecule has 0 spiro atoms. The summed E-state index contributed by atoms with van der Waals surface area (Å²) in [6, 6.07) is 0.898. The molecule has 0 aromatic rings. The molecule has 1 atom stereocenters. The molecule has 0 amide bonds. The van der Waals surface area contributed by atoms with Gasteiger partial charge in [-0.2, -0.15) is 0 Å². The zero-order chi connectivity index (χ0) is 10.7. The van der Waals surface area contributed by atoms with Crippen molar-refractivity contribution in [2.75, 3.05) is 26.7 Å². The molecule has 0 radical (unpaired) electrons. The Morgan fingerprint density at radius 2 is 2.13 bits per heavy atom. The van der Waals surface area contributed by atoms with Crippen LogP contribution < -0.4 is 5.32 Å². The van der Waals surface area contributed by atoms with E-state index >= 15 is 0 Å². The van der Waals surface area contributed by atoms with Gasteiger partial charge < -0.3 is 10.2 Å². The highest BCUT2D eigenvalue weighted by Gasteiger charge is 2.34. The van der Waals surface area contributed by atoms with Crippen LogP contribution in [0.1, 0.15) is 45.4 Å². The standard InChI is InChI=1S/C13H26N2/c1-3-13(8-5-9-14-10-13)11-15(2)12-6-4-7-12/h12,14H,3-11H2,1-2H3. The second kappa shape index (κ2) is 4.84. The molecule has 2 heteroatoms. The van der Waals surface area contributed by atoms with Crippen molar-refractivity contribution in [3.8, 4) is 0 Å². The van der Waals surface area contributed by atoms with Crippen molar-refractivity contribution in [1.82, 2.24) is 10.2 Å². The van der Waals surface area contributed by atoms with Crippen LogP contribution in [0.2, 0.25) is 0 Å². The average molecular weight is 210 g/mol. The molecule has 2 rings (SSSR count). The van der Waals surface area contributed by atoms with Crippen LogP contribution >= 0.6 is 0 Å². The van der Waals surface area contributed by atoms with Gasteiger partial charge in [0, 0.05) is 19.1 Å². The number of hydrogen-bond acceptors (Lipinski definition) is 2. The van der Waals surface area contributed by atoms with Crippen LogP contribution in [0.4, 0.5) is 0 Å². The van der Waals surface area contributed by atoms with Gasteiger partial charge in [0.25, 0.3) is 0 Å². The summed E-state index contributed by atoms with van der Waals surface area (Å²) in [5.41, 5.74) is 0.572. The lowest BCUT2D eigenvalue weighted by molar-refractivity contribution is 0.0720. The number of piperidine rings is 1. The zero-order valence-electron chi connectivity index (χ0n) is 10.4. The smallest absolute Gasteiger partial charge is 0.00924 e. The Hall–Kier alpha value is -0.0800. The van der Waals surface area contributed by atoms with Crippen molar-refractivity contribution >= 4 is 0 Å². The van der Waals surface area contributed by atoms with E-state index in [4.69, 9.17) is 0 Å². The van der Waals surface area contributed by atoms with E-state index in [0.717, 1.165) is 6.04 Å². The normalized spacial score (nSPS) is 33.0. The molecule has 1 saturated carbocycles. The average Bonchev–Trinajstić information content (AvgIpc) is 2.16. The predicted molar refractivity (Wildman–Crippen MR) is 65.1 cm³/mol. The number of hydrogen-bond donors (Lipinski definition) is 1. The molecule has 2 aliphatic rings. The summed E-state index contributed by atoms with van der Waals surface area (Å²) in [6.45, 7) is 6.14. The Bertz CT molecular complexity index is 193. The van der Waals surface area contributed by atoms with Crippen molar-refractivity contribution in [1.29, 1.82) is 0 Å². The van der Waals surface area contributed by atoms with Gasteiger partial charge in [-0.1, -0.05) is 13.3 Å². The van der Waals surface area contributed by atoms with Crippen molar-refractivity contribution < 1.29 is 0 Å². The maximum absolute atomic E-state index is 3.58. The maximum Gasteiger partial charge on any atom is 0.00924 e. The summed E-state index contributed by atoms with van der Waals surface area (Å²) < 4.78 is 0. The third-order valence-electron chi connectivity index (χ3n) is 4.59. The maximum atomic E-state index is 3.58.